The molecule has 0 aromatic heterocycles. The summed E-state index contributed by atoms with van der Waals surface area (Å²) in [6, 6.07) is -0.904. The number of allylic oxidation sites excluding steroid dienone is 5. The minimum absolute atomic E-state index is 0.00616. The fourth-order valence-electron chi connectivity index (χ4n) is 7.99. The summed E-state index contributed by atoms with van der Waals surface area (Å²) in [6.07, 6.45) is 59.3. The van der Waals surface area contributed by atoms with Gasteiger partial charge in [0.15, 0.2) is 0 Å². The van der Waals surface area contributed by atoms with E-state index in [1.165, 1.54) is 199 Å². The van der Waals surface area contributed by atoms with Gasteiger partial charge in [0.1, 0.15) is 13.2 Å². The van der Waals surface area contributed by atoms with Gasteiger partial charge in [0.2, 0.25) is 5.91 Å². The van der Waals surface area contributed by atoms with E-state index in [2.05, 4.69) is 43.5 Å². The molecule has 0 rings (SSSR count). The highest BCUT2D eigenvalue weighted by Crippen LogP contribution is 2.38. The van der Waals surface area contributed by atoms with Crippen molar-refractivity contribution in [3.8, 4) is 0 Å². The summed E-state index contributed by atoms with van der Waals surface area (Å²) in [4.78, 5) is 25.4. The van der Waals surface area contributed by atoms with E-state index in [1.54, 1.807) is 6.08 Å². The molecule has 0 spiro atoms. The highest BCUT2D eigenvalue weighted by Gasteiger charge is 2.23. The highest BCUT2D eigenvalue weighted by molar-refractivity contribution is 7.45. The average Bonchev–Trinajstić information content (AvgIpc) is 3.25. The van der Waals surface area contributed by atoms with Crippen LogP contribution in [0.1, 0.15) is 258 Å². The SMILES string of the molecule is CCCCCCCCCC/C=C\CCCCCCCCCCCC(=O)NC(COP(=O)([O-])OCC[N+](C)(C)C)C(O)/C=C/CC/C=C/CCCCCCCCCCCCCCCCC. The van der Waals surface area contributed by atoms with Crippen LogP contribution in [0.25, 0.3) is 0 Å². The van der Waals surface area contributed by atoms with Crippen LogP contribution in [0.4, 0.5) is 0 Å². The Labute approximate surface area is 397 Å². The maximum atomic E-state index is 12.9. The maximum Gasteiger partial charge on any atom is 0.268 e. The van der Waals surface area contributed by atoms with Crippen LogP contribution in [0, 0.1) is 0 Å². The van der Waals surface area contributed by atoms with Crippen molar-refractivity contribution in [3.63, 3.8) is 0 Å². The second kappa shape index (κ2) is 46.8. The lowest BCUT2D eigenvalue weighted by Gasteiger charge is -2.29. The number of nitrogens with one attached hydrogen (secondary N) is 1. The van der Waals surface area contributed by atoms with Crippen molar-refractivity contribution in [1.29, 1.82) is 0 Å². The van der Waals surface area contributed by atoms with Gasteiger partial charge in [-0.25, -0.2) is 0 Å². The molecule has 0 aromatic rings. The summed E-state index contributed by atoms with van der Waals surface area (Å²) in [5.41, 5.74) is 0. The number of carbonyl (C=O) groups excluding carboxylic acids is 1. The Morgan fingerprint density at radius 1 is 0.531 bits per heavy atom. The molecular weight excluding hydrogens is 816 g/mol. The smallest absolute Gasteiger partial charge is 0.268 e. The Kier molecular flexibility index (Phi) is 45.9. The fourth-order valence-corrected chi connectivity index (χ4v) is 8.71. The lowest BCUT2D eigenvalue weighted by molar-refractivity contribution is -0.870. The largest absolute Gasteiger partial charge is 0.756 e. The molecule has 64 heavy (non-hydrogen) atoms. The first-order valence-corrected chi connectivity index (χ1v) is 28.8. The topological polar surface area (TPSA) is 108 Å². The first kappa shape index (κ1) is 62.7. The van der Waals surface area contributed by atoms with Crippen LogP contribution in [0.2, 0.25) is 0 Å². The van der Waals surface area contributed by atoms with Crippen LogP contribution in [0.3, 0.4) is 0 Å². The lowest BCUT2D eigenvalue weighted by Crippen LogP contribution is -2.45. The molecule has 8 nitrogen and oxygen atoms in total. The van der Waals surface area contributed by atoms with Gasteiger partial charge >= 0.3 is 0 Å². The molecule has 0 saturated carbocycles. The van der Waals surface area contributed by atoms with E-state index in [0.29, 0.717) is 17.4 Å². The number of hydrogen-bond donors (Lipinski definition) is 2. The second-order valence-electron chi connectivity index (χ2n) is 19.9. The zero-order valence-electron chi connectivity index (χ0n) is 43.0. The minimum atomic E-state index is -4.60. The summed E-state index contributed by atoms with van der Waals surface area (Å²) in [5, 5.41) is 13.8. The predicted molar refractivity (Wildman–Crippen MR) is 275 cm³/mol. The number of likely N-dealkylation sites (N-methyl/N-ethyl adjacent to an activating group) is 1. The maximum absolute atomic E-state index is 12.9. The Hall–Kier alpha value is -1.28. The number of unbranched alkanes of at least 4 members (excludes halogenated alkanes) is 33. The normalized spacial score (nSPS) is 14.3. The van der Waals surface area contributed by atoms with Crippen LogP contribution in [-0.2, 0) is 18.4 Å². The van der Waals surface area contributed by atoms with E-state index >= 15 is 0 Å². The van der Waals surface area contributed by atoms with E-state index in [9.17, 15) is 19.4 Å². The van der Waals surface area contributed by atoms with Crippen molar-refractivity contribution >= 4 is 13.7 Å². The molecule has 9 heteroatoms. The van der Waals surface area contributed by atoms with Crippen molar-refractivity contribution in [2.45, 2.75) is 270 Å². The summed E-state index contributed by atoms with van der Waals surface area (Å²) < 4.78 is 23.3. The van der Waals surface area contributed by atoms with Crippen LogP contribution < -0.4 is 10.2 Å². The first-order valence-electron chi connectivity index (χ1n) is 27.4. The third-order valence-electron chi connectivity index (χ3n) is 12.3. The van der Waals surface area contributed by atoms with Gasteiger partial charge in [-0.05, 0) is 57.8 Å². The molecule has 0 heterocycles. The number of rotatable bonds is 50. The van der Waals surface area contributed by atoms with E-state index in [4.69, 9.17) is 9.05 Å². The molecule has 0 aliphatic rings. The van der Waals surface area contributed by atoms with Gasteiger partial charge in [-0.2, -0.15) is 0 Å². The number of phosphoric ester groups is 1. The molecule has 0 aromatic carbocycles. The van der Waals surface area contributed by atoms with Crippen molar-refractivity contribution in [2.75, 3.05) is 40.9 Å². The number of aliphatic hydroxyl groups excluding tert-OH is 1. The predicted octanol–water partition coefficient (Wildman–Crippen LogP) is 15.6. The van der Waals surface area contributed by atoms with Crippen molar-refractivity contribution in [2.24, 2.45) is 0 Å². The Bertz CT molecular complexity index is 1140. The van der Waals surface area contributed by atoms with Gasteiger partial charge < -0.3 is 28.8 Å². The second-order valence-corrected chi connectivity index (χ2v) is 21.3. The van der Waals surface area contributed by atoms with Crippen molar-refractivity contribution in [3.05, 3.63) is 36.5 Å². The number of amides is 1. The van der Waals surface area contributed by atoms with Crippen LogP contribution in [0.15, 0.2) is 36.5 Å². The number of carbonyl (C=O) groups is 1. The Morgan fingerprint density at radius 3 is 1.27 bits per heavy atom. The molecule has 3 atom stereocenters. The molecule has 378 valence electrons. The number of aliphatic hydroxyl groups is 1. The third kappa shape index (κ3) is 48.6. The standard InChI is InChI=1S/C55H107N2O6P/c1-6-8-10-12-14-16-18-20-22-24-26-28-30-32-34-36-38-40-42-44-46-48-54(58)53(52-63-64(60,61)62-51-50-57(3,4)5)56-55(59)49-47-45-43-41-39-37-35-33-31-29-27-25-23-21-19-17-15-13-11-9-7-2/h25,27,38,40,46,48,53-54,58H,6-24,26,28-37,39,41-45,47,49-52H2,1-5H3,(H-,56,59,60,61)/b27-25-,40-38+,48-46+. The van der Waals surface area contributed by atoms with Gasteiger partial charge in [0.25, 0.3) is 7.82 Å². The summed E-state index contributed by atoms with van der Waals surface area (Å²) in [5.74, 6) is -0.207. The van der Waals surface area contributed by atoms with Crippen LogP contribution >= 0.6 is 7.82 Å². The van der Waals surface area contributed by atoms with Gasteiger partial charge in [0.05, 0.1) is 39.9 Å². The Balaban J connectivity index is 4.30. The molecule has 0 saturated heterocycles. The lowest BCUT2D eigenvalue weighted by atomic mass is 10.0. The molecule has 0 fully saturated rings. The molecule has 2 N–H and O–H groups in total. The highest BCUT2D eigenvalue weighted by atomic mass is 31.2. The molecular formula is C55H107N2O6P. The molecule has 0 aliphatic carbocycles. The van der Waals surface area contributed by atoms with Gasteiger partial charge in [-0.1, -0.05) is 230 Å². The zero-order chi connectivity index (χ0) is 47.1. The van der Waals surface area contributed by atoms with Crippen LogP contribution in [0.5, 0.6) is 0 Å². The van der Waals surface area contributed by atoms with Crippen LogP contribution in [-0.4, -0.2) is 68.5 Å². The number of hydrogen-bond acceptors (Lipinski definition) is 6. The zero-order valence-corrected chi connectivity index (χ0v) is 43.9. The monoisotopic (exact) mass is 923 g/mol. The molecule has 0 bridgehead atoms. The summed E-state index contributed by atoms with van der Waals surface area (Å²) >= 11 is 0. The molecule has 1 amide bonds. The first-order chi connectivity index (χ1) is 31.0. The fraction of sp³-hybridized carbons (Fsp3) is 0.873. The van der Waals surface area contributed by atoms with E-state index in [1.807, 2.05) is 27.2 Å². The van der Waals surface area contributed by atoms with E-state index in [0.717, 1.165) is 38.5 Å². The third-order valence-corrected chi connectivity index (χ3v) is 13.3. The van der Waals surface area contributed by atoms with Crippen molar-refractivity contribution in [1.82, 2.24) is 5.32 Å². The number of phosphoric acid groups is 1. The summed E-state index contributed by atoms with van der Waals surface area (Å²) in [7, 11) is 1.25. The molecule has 3 unspecified atom stereocenters. The van der Waals surface area contributed by atoms with E-state index < -0.39 is 26.6 Å². The van der Waals surface area contributed by atoms with Gasteiger partial charge in [0, 0.05) is 6.42 Å². The van der Waals surface area contributed by atoms with Crippen molar-refractivity contribution < 1.29 is 32.9 Å². The minimum Gasteiger partial charge on any atom is -0.756 e. The average molecular weight is 923 g/mol. The number of nitrogens with zero attached hydrogens (tertiary/aromatic N) is 1. The molecule has 0 radical (unpaired) electrons. The van der Waals surface area contributed by atoms with Gasteiger partial charge in [-0.15, -0.1) is 0 Å². The molecule has 0 aliphatic heterocycles. The Morgan fingerprint density at radius 2 is 0.875 bits per heavy atom. The number of quaternary nitrogens is 1. The van der Waals surface area contributed by atoms with E-state index in [-0.39, 0.29) is 12.5 Å². The summed E-state index contributed by atoms with van der Waals surface area (Å²) in [6.45, 7) is 4.65. The quantitative estimate of drug-likeness (QED) is 0.0272. The van der Waals surface area contributed by atoms with Gasteiger partial charge in [-0.3, -0.25) is 9.36 Å².